The molecule has 0 saturated heterocycles. The highest BCUT2D eigenvalue weighted by Crippen LogP contribution is 2.28. The van der Waals surface area contributed by atoms with Gasteiger partial charge in [-0.3, -0.25) is 0 Å². The third-order valence-corrected chi connectivity index (χ3v) is 7.41. The van der Waals surface area contributed by atoms with Crippen molar-refractivity contribution in [2.75, 3.05) is 11.9 Å². The summed E-state index contributed by atoms with van der Waals surface area (Å²) < 4.78 is 11.4. The molecule has 42 heavy (non-hydrogen) atoms. The second kappa shape index (κ2) is 14.2. The van der Waals surface area contributed by atoms with Crippen molar-refractivity contribution in [3.05, 3.63) is 83.4 Å². The molecule has 0 bridgehead atoms. The minimum absolute atomic E-state index is 0.0377. The highest BCUT2D eigenvalue weighted by Gasteiger charge is 2.20. The van der Waals surface area contributed by atoms with Crippen LogP contribution in [0.4, 0.5) is 5.69 Å². The molecule has 3 aromatic carbocycles. The first-order valence-electron chi connectivity index (χ1n) is 14.9. The van der Waals surface area contributed by atoms with Gasteiger partial charge in [-0.15, -0.1) is 0 Å². The van der Waals surface area contributed by atoms with Crippen LogP contribution in [0.15, 0.2) is 71.3 Å². The summed E-state index contributed by atoms with van der Waals surface area (Å²) in [6.45, 7) is 11.4. The molecule has 7 heteroatoms. The Morgan fingerprint density at radius 2 is 1.69 bits per heavy atom. The maximum Gasteiger partial charge on any atom is 0.326 e. The molecule has 0 radical (unpaired) electrons. The van der Waals surface area contributed by atoms with Crippen molar-refractivity contribution in [3.63, 3.8) is 0 Å². The Morgan fingerprint density at radius 3 is 2.33 bits per heavy atom. The lowest BCUT2D eigenvalue weighted by Crippen LogP contribution is -2.31. The number of aromatic nitrogens is 2. The molecular weight excluding hydrogens is 526 g/mol. The highest BCUT2D eigenvalue weighted by molar-refractivity contribution is 5.78. The van der Waals surface area contributed by atoms with E-state index in [2.05, 4.69) is 43.2 Å². The molecule has 0 amide bonds. The normalized spacial score (nSPS) is 12.2. The lowest BCUT2D eigenvalue weighted by molar-refractivity contribution is -0.137. The molecule has 0 aliphatic heterocycles. The first-order valence-corrected chi connectivity index (χ1v) is 14.9. The maximum atomic E-state index is 12.1. The van der Waals surface area contributed by atoms with Crippen molar-refractivity contribution in [1.29, 1.82) is 0 Å². The number of aryl methyl sites for hydroxylation is 1. The second-order valence-corrected chi connectivity index (χ2v) is 11.9. The van der Waals surface area contributed by atoms with Crippen LogP contribution in [0, 0.1) is 6.92 Å². The van der Waals surface area contributed by atoms with E-state index in [1.54, 1.807) is 0 Å². The van der Waals surface area contributed by atoms with Gasteiger partial charge in [0.25, 0.3) is 5.89 Å². The van der Waals surface area contributed by atoms with Crippen LogP contribution in [0.2, 0.25) is 0 Å². The van der Waals surface area contributed by atoms with Crippen LogP contribution in [0.3, 0.4) is 0 Å². The van der Waals surface area contributed by atoms with Gasteiger partial charge in [-0.25, -0.2) is 4.79 Å². The van der Waals surface area contributed by atoms with E-state index < -0.39 is 12.0 Å². The molecule has 4 rings (SSSR count). The van der Waals surface area contributed by atoms with Crippen molar-refractivity contribution < 1.29 is 19.2 Å². The molecule has 0 aliphatic rings. The van der Waals surface area contributed by atoms with E-state index in [1.165, 1.54) is 31.2 Å². The summed E-state index contributed by atoms with van der Waals surface area (Å²) in [5.41, 5.74) is 5.54. The molecule has 0 fully saturated rings. The van der Waals surface area contributed by atoms with Crippen LogP contribution >= 0.6 is 0 Å². The third kappa shape index (κ3) is 8.44. The number of anilines is 1. The van der Waals surface area contributed by atoms with E-state index in [-0.39, 0.29) is 5.41 Å². The summed E-state index contributed by atoms with van der Waals surface area (Å²) in [6, 6.07) is 20.7. The van der Waals surface area contributed by atoms with E-state index in [0.29, 0.717) is 18.1 Å². The third-order valence-electron chi connectivity index (χ3n) is 7.41. The number of hydrogen-bond acceptors (Lipinski definition) is 6. The number of carbonyl (C=O) groups is 1. The quantitative estimate of drug-likeness (QED) is 0.147. The lowest BCUT2D eigenvalue weighted by atomic mass is 9.87. The van der Waals surface area contributed by atoms with Crippen molar-refractivity contribution in [2.45, 2.75) is 84.6 Å². The highest BCUT2D eigenvalue weighted by atomic mass is 16.5. The summed E-state index contributed by atoms with van der Waals surface area (Å²) in [5.74, 6) is 0.861. The number of rotatable bonds is 14. The number of hydrogen-bond donors (Lipinski definition) is 2. The van der Waals surface area contributed by atoms with Gasteiger partial charge in [-0.1, -0.05) is 88.9 Å². The number of nitrogens with zero attached hydrogens (tertiary/aromatic N) is 2. The van der Waals surface area contributed by atoms with Gasteiger partial charge in [0.1, 0.15) is 11.8 Å². The fourth-order valence-electron chi connectivity index (χ4n) is 4.85. The minimum atomic E-state index is -0.900. The molecule has 4 aromatic rings. The Bertz CT molecular complexity index is 1440. The summed E-state index contributed by atoms with van der Waals surface area (Å²) in [4.78, 5) is 16.7. The Kier molecular flexibility index (Phi) is 10.4. The van der Waals surface area contributed by atoms with Crippen LogP contribution in [-0.4, -0.2) is 33.9 Å². The van der Waals surface area contributed by atoms with Gasteiger partial charge in [-0.05, 0) is 71.8 Å². The maximum absolute atomic E-state index is 12.1. The number of aliphatic carboxylic acids is 1. The molecule has 1 aromatic heterocycles. The fourth-order valence-corrected chi connectivity index (χ4v) is 4.85. The minimum Gasteiger partial charge on any atom is -0.494 e. The standard InChI is InChI=1S/C35H43N3O4/c1-6-7-8-9-10-21-41-29-18-12-26(13-19-29)33-37-32(38-42-33)30-20-11-25(22-24(30)2)23-31(34(39)40)36-28-16-14-27(15-17-28)35(3,4)5/h11-20,22,31,36H,6-10,21,23H2,1-5H3,(H,39,40). The van der Waals surface area contributed by atoms with Gasteiger partial charge >= 0.3 is 5.97 Å². The summed E-state index contributed by atoms with van der Waals surface area (Å²) >= 11 is 0. The lowest BCUT2D eigenvalue weighted by Gasteiger charge is -2.21. The summed E-state index contributed by atoms with van der Waals surface area (Å²) in [7, 11) is 0. The van der Waals surface area contributed by atoms with Crippen molar-refractivity contribution in [3.8, 4) is 28.6 Å². The first-order chi connectivity index (χ1) is 20.1. The molecule has 2 N–H and O–H groups in total. The zero-order chi connectivity index (χ0) is 30.1. The van der Waals surface area contributed by atoms with Crippen LogP contribution < -0.4 is 10.1 Å². The van der Waals surface area contributed by atoms with E-state index in [0.717, 1.165) is 46.7 Å². The van der Waals surface area contributed by atoms with Gasteiger partial charge in [0.2, 0.25) is 5.82 Å². The number of unbranched alkanes of at least 4 members (excludes halogenated alkanes) is 4. The van der Waals surface area contributed by atoms with Crippen LogP contribution in [0.5, 0.6) is 5.75 Å². The topological polar surface area (TPSA) is 97.5 Å². The molecule has 1 atom stereocenters. The molecular formula is C35H43N3O4. The molecule has 222 valence electrons. The average Bonchev–Trinajstić information content (AvgIpc) is 3.45. The van der Waals surface area contributed by atoms with E-state index in [9.17, 15) is 9.90 Å². The van der Waals surface area contributed by atoms with Gasteiger partial charge in [0.05, 0.1) is 6.61 Å². The first kappa shape index (κ1) is 30.8. The monoisotopic (exact) mass is 569 g/mol. The zero-order valence-electron chi connectivity index (χ0n) is 25.4. The van der Waals surface area contributed by atoms with Crippen LogP contribution in [0.25, 0.3) is 22.8 Å². The van der Waals surface area contributed by atoms with Crippen LogP contribution in [0.1, 0.15) is 76.5 Å². The van der Waals surface area contributed by atoms with Gasteiger partial charge in [0, 0.05) is 23.2 Å². The predicted octanol–water partition coefficient (Wildman–Crippen LogP) is 8.47. The van der Waals surface area contributed by atoms with Crippen molar-refractivity contribution in [1.82, 2.24) is 10.1 Å². The number of carboxylic acids is 1. The predicted molar refractivity (Wildman–Crippen MR) is 168 cm³/mol. The largest absolute Gasteiger partial charge is 0.494 e. The van der Waals surface area contributed by atoms with Crippen molar-refractivity contribution >= 4 is 11.7 Å². The van der Waals surface area contributed by atoms with Gasteiger partial charge in [0.15, 0.2) is 0 Å². The molecule has 0 spiro atoms. The Balaban J connectivity index is 1.37. The Labute approximate surface area is 249 Å². The molecule has 0 aliphatic carbocycles. The van der Waals surface area contributed by atoms with Gasteiger partial charge in [-0.2, -0.15) is 4.98 Å². The van der Waals surface area contributed by atoms with E-state index in [4.69, 9.17) is 9.26 Å². The zero-order valence-corrected chi connectivity index (χ0v) is 25.4. The van der Waals surface area contributed by atoms with E-state index in [1.807, 2.05) is 73.7 Å². The average molecular weight is 570 g/mol. The summed E-state index contributed by atoms with van der Waals surface area (Å²) in [5, 5.41) is 17.3. The smallest absolute Gasteiger partial charge is 0.326 e. The Morgan fingerprint density at radius 1 is 0.976 bits per heavy atom. The Hall–Kier alpha value is -4.13. The number of nitrogens with one attached hydrogen (secondary N) is 1. The molecule has 7 nitrogen and oxygen atoms in total. The summed E-state index contributed by atoms with van der Waals surface area (Å²) in [6.07, 6.45) is 6.37. The molecule has 1 unspecified atom stereocenters. The number of carboxylic acid groups (broad SMARTS) is 1. The number of ether oxygens (including phenoxy) is 1. The van der Waals surface area contributed by atoms with E-state index >= 15 is 0 Å². The second-order valence-electron chi connectivity index (χ2n) is 11.9. The SMILES string of the molecule is CCCCCCCOc1ccc(-c2nc(-c3ccc(CC(Nc4ccc(C(C)(C)C)cc4)C(=O)O)cc3C)no2)cc1. The fraction of sp³-hybridized carbons (Fsp3) is 0.400. The molecule has 1 heterocycles. The number of benzene rings is 3. The molecule has 0 saturated carbocycles. The van der Waals surface area contributed by atoms with Gasteiger partial charge < -0.3 is 19.7 Å². The van der Waals surface area contributed by atoms with Crippen molar-refractivity contribution in [2.24, 2.45) is 0 Å². The van der Waals surface area contributed by atoms with Crippen LogP contribution in [-0.2, 0) is 16.6 Å².